The first-order valence-corrected chi connectivity index (χ1v) is 5.59. The van der Waals surface area contributed by atoms with Gasteiger partial charge in [-0.2, -0.15) is 0 Å². The number of rotatable bonds is 3. The van der Waals surface area contributed by atoms with Crippen LogP contribution in [-0.2, 0) is 4.79 Å². The van der Waals surface area contributed by atoms with E-state index in [-0.39, 0.29) is 5.91 Å². The molecule has 1 N–H and O–H groups in total. The largest absolute Gasteiger partial charge is 0.352 e. The minimum absolute atomic E-state index is 0.188. The Labute approximate surface area is 85.8 Å². The molecule has 14 heavy (non-hydrogen) atoms. The van der Waals surface area contributed by atoms with E-state index in [9.17, 15) is 4.79 Å². The number of hydrogen-bond acceptors (Lipinski definition) is 2. The summed E-state index contributed by atoms with van der Waals surface area (Å²) >= 11 is 0. The van der Waals surface area contributed by atoms with Crippen molar-refractivity contribution in [3.63, 3.8) is 0 Å². The molecule has 0 radical (unpaired) electrons. The smallest absolute Gasteiger partial charge is 0.234 e. The highest BCUT2D eigenvalue weighted by Gasteiger charge is 2.39. The molecule has 2 aliphatic carbocycles. The van der Waals surface area contributed by atoms with Crippen molar-refractivity contribution < 1.29 is 4.79 Å². The number of likely N-dealkylation sites (N-methyl/N-ethyl adjacent to an activating group) is 1. The van der Waals surface area contributed by atoms with E-state index in [1.54, 1.807) is 0 Å². The summed E-state index contributed by atoms with van der Waals surface area (Å²) in [5, 5.41) is 3.16. The summed E-state index contributed by atoms with van der Waals surface area (Å²) in [5.74, 6) is 1.88. The molecular weight excluding hydrogens is 176 g/mol. The molecule has 3 nitrogen and oxygen atoms in total. The molecule has 0 heterocycles. The van der Waals surface area contributed by atoms with Crippen LogP contribution in [0.2, 0.25) is 0 Å². The molecule has 80 valence electrons. The average Bonchev–Trinajstić information content (AvgIpc) is 2.62. The lowest BCUT2D eigenvalue weighted by atomic mass is 9.95. The van der Waals surface area contributed by atoms with Crippen molar-refractivity contribution in [2.45, 2.75) is 31.7 Å². The van der Waals surface area contributed by atoms with E-state index in [4.69, 9.17) is 0 Å². The first-order chi connectivity index (χ1) is 6.65. The van der Waals surface area contributed by atoms with Crippen LogP contribution in [0.4, 0.5) is 0 Å². The van der Waals surface area contributed by atoms with Gasteiger partial charge in [0.15, 0.2) is 0 Å². The summed E-state index contributed by atoms with van der Waals surface area (Å²) in [6.07, 6.45) is 5.30. The second kappa shape index (κ2) is 3.89. The summed E-state index contributed by atoms with van der Waals surface area (Å²) in [7, 11) is 3.86. The first kappa shape index (κ1) is 9.97. The maximum absolute atomic E-state index is 11.5. The van der Waals surface area contributed by atoms with Gasteiger partial charge in [0.25, 0.3) is 0 Å². The van der Waals surface area contributed by atoms with Crippen LogP contribution in [0.15, 0.2) is 0 Å². The predicted octanol–water partition coefficient (Wildman–Crippen LogP) is 0.853. The third kappa shape index (κ3) is 2.08. The van der Waals surface area contributed by atoms with Crippen molar-refractivity contribution in [1.29, 1.82) is 0 Å². The van der Waals surface area contributed by atoms with Crippen LogP contribution in [0.1, 0.15) is 25.7 Å². The highest BCUT2D eigenvalue weighted by Crippen LogP contribution is 2.44. The summed E-state index contributed by atoms with van der Waals surface area (Å²) in [4.78, 5) is 13.5. The molecule has 0 aliphatic heterocycles. The number of nitrogens with zero attached hydrogens (tertiary/aromatic N) is 1. The number of fused-ring (bicyclic) bond motifs is 2. The Hall–Kier alpha value is -0.570. The van der Waals surface area contributed by atoms with Crippen molar-refractivity contribution in [2.24, 2.45) is 11.8 Å². The normalized spacial score (nSPS) is 35.2. The Balaban J connectivity index is 1.78. The highest BCUT2D eigenvalue weighted by molar-refractivity contribution is 5.78. The minimum Gasteiger partial charge on any atom is -0.352 e. The maximum atomic E-state index is 11.5. The fourth-order valence-electron chi connectivity index (χ4n) is 2.96. The summed E-state index contributed by atoms with van der Waals surface area (Å²) in [6, 6.07) is 0.487. The molecule has 0 spiro atoms. The zero-order chi connectivity index (χ0) is 10.1. The third-order valence-corrected chi connectivity index (χ3v) is 3.54. The zero-order valence-corrected chi connectivity index (χ0v) is 9.12. The second-order valence-electron chi connectivity index (χ2n) is 5.09. The van der Waals surface area contributed by atoms with Crippen molar-refractivity contribution in [1.82, 2.24) is 10.2 Å². The van der Waals surface area contributed by atoms with Gasteiger partial charge in [-0.15, -0.1) is 0 Å². The molecule has 0 unspecified atom stereocenters. The first-order valence-electron chi connectivity index (χ1n) is 5.59. The molecule has 3 heteroatoms. The Morgan fingerprint density at radius 2 is 2.14 bits per heavy atom. The fourth-order valence-corrected chi connectivity index (χ4v) is 2.96. The monoisotopic (exact) mass is 196 g/mol. The second-order valence-corrected chi connectivity index (χ2v) is 5.09. The Bertz CT molecular complexity index is 227. The highest BCUT2D eigenvalue weighted by atomic mass is 16.2. The van der Waals surface area contributed by atoms with Gasteiger partial charge in [0.2, 0.25) is 5.91 Å². The van der Waals surface area contributed by atoms with Gasteiger partial charge in [-0.3, -0.25) is 4.79 Å². The molecule has 2 aliphatic rings. The summed E-state index contributed by atoms with van der Waals surface area (Å²) in [5.41, 5.74) is 0. The molecule has 0 saturated heterocycles. The molecule has 0 aromatic heterocycles. The van der Waals surface area contributed by atoms with E-state index in [1.165, 1.54) is 25.7 Å². The number of carbonyl (C=O) groups is 1. The van der Waals surface area contributed by atoms with Crippen molar-refractivity contribution in [3.05, 3.63) is 0 Å². The van der Waals surface area contributed by atoms with Gasteiger partial charge in [-0.25, -0.2) is 0 Å². The Morgan fingerprint density at radius 3 is 2.64 bits per heavy atom. The SMILES string of the molecule is CN(C)CC(=O)N[C@@H]1C[C@@H]2CC[C@H]1C2. The third-order valence-electron chi connectivity index (χ3n) is 3.54. The van der Waals surface area contributed by atoms with Gasteiger partial charge < -0.3 is 10.2 Å². The van der Waals surface area contributed by atoms with E-state index in [1.807, 2.05) is 19.0 Å². The van der Waals surface area contributed by atoms with Crippen LogP contribution < -0.4 is 5.32 Å². The number of amides is 1. The van der Waals surface area contributed by atoms with Crippen LogP contribution in [0, 0.1) is 11.8 Å². The maximum Gasteiger partial charge on any atom is 0.234 e. The quantitative estimate of drug-likeness (QED) is 0.726. The zero-order valence-electron chi connectivity index (χ0n) is 9.12. The topological polar surface area (TPSA) is 32.3 Å². The van der Waals surface area contributed by atoms with Gasteiger partial charge in [0.1, 0.15) is 0 Å². The lowest BCUT2D eigenvalue weighted by Crippen LogP contribution is -2.42. The van der Waals surface area contributed by atoms with E-state index >= 15 is 0 Å². The summed E-state index contributed by atoms with van der Waals surface area (Å²) < 4.78 is 0. The number of carbonyl (C=O) groups excluding carboxylic acids is 1. The van der Waals surface area contributed by atoms with Crippen molar-refractivity contribution in [3.8, 4) is 0 Å². The van der Waals surface area contributed by atoms with Gasteiger partial charge in [0, 0.05) is 6.04 Å². The molecule has 2 bridgehead atoms. The van der Waals surface area contributed by atoms with Gasteiger partial charge >= 0.3 is 0 Å². The average molecular weight is 196 g/mol. The van der Waals surface area contributed by atoms with Crippen LogP contribution in [0.25, 0.3) is 0 Å². The lowest BCUT2D eigenvalue weighted by molar-refractivity contribution is -0.122. The number of hydrogen-bond donors (Lipinski definition) is 1. The molecule has 3 atom stereocenters. The van der Waals surface area contributed by atoms with Crippen molar-refractivity contribution >= 4 is 5.91 Å². The van der Waals surface area contributed by atoms with E-state index in [2.05, 4.69) is 5.32 Å². The fraction of sp³-hybridized carbons (Fsp3) is 0.909. The van der Waals surface area contributed by atoms with E-state index in [0.717, 1.165) is 11.8 Å². The van der Waals surface area contributed by atoms with E-state index < -0.39 is 0 Å². The lowest BCUT2D eigenvalue weighted by Gasteiger charge is -2.23. The van der Waals surface area contributed by atoms with Gasteiger partial charge in [-0.05, 0) is 45.2 Å². The van der Waals surface area contributed by atoms with Crippen LogP contribution in [0.3, 0.4) is 0 Å². The van der Waals surface area contributed by atoms with E-state index in [0.29, 0.717) is 12.6 Å². The number of nitrogens with one attached hydrogen (secondary N) is 1. The van der Waals surface area contributed by atoms with Gasteiger partial charge in [0.05, 0.1) is 6.54 Å². The standard InChI is InChI=1S/C11H20N2O/c1-13(2)7-11(14)12-10-6-8-3-4-9(10)5-8/h8-10H,3-7H2,1-2H3,(H,12,14)/t8-,9+,10-/m1/s1. The molecule has 2 fully saturated rings. The molecule has 0 aromatic rings. The minimum atomic E-state index is 0.188. The van der Waals surface area contributed by atoms with Crippen LogP contribution in [-0.4, -0.2) is 37.5 Å². The molecule has 0 aromatic carbocycles. The van der Waals surface area contributed by atoms with Crippen LogP contribution in [0.5, 0.6) is 0 Å². The molecular formula is C11H20N2O. The molecule has 1 amide bonds. The Morgan fingerprint density at radius 1 is 1.36 bits per heavy atom. The summed E-state index contributed by atoms with van der Waals surface area (Å²) in [6.45, 7) is 0.522. The van der Waals surface area contributed by atoms with Gasteiger partial charge in [-0.1, -0.05) is 6.42 Å². The predicted molar refractivity (Wildman–Crippen MR) is 55.9 cm³/mol. The Kier molecular flexibility index (Phi) is 2.77. The molecule has 2 rings (SSSR count). The van der Waals surface area contributed by atoms with Crippen molar-refractivity contribution in [2.75, 3.05) is 20.6 Å². The van der Waals surface area contributed by atoms with Crippen LogP contribution >= 0.6 is 0 Å². The molecule has 2 saturated carbocycles.